The van der Waals surface area contributed by atoms with E-state index >= 15 is 0 Å². The lowest BCUT2D eigenvalue weighted by molar-refractivity contribution is -0.142. The van der Waals surface area contributed by atoms with E-state index in [0.717, 1.165) is 36.8 Å². The van der Waals surface area contributed by atoms with E-state index in [9.17, 15) is 18.0 Å². The van der Waals surface area contributed by atoms with Crippen LogP contribution in [0.25, 0.3) is 6.08 Å². The van der Waals surface area contributed by atoms with Gasteiger partial charge in [-0.3, -0.25) is 4.79 Å². The highest BCUT2D eigenvalue weighted by Gasteiger charge is 2.24. The molecular formula is C25H30N2O5S. The highest BCUT2D eigenvalue weighted by molar-refractivity contribution is 7.89. The number of nitrogens with zero attached hydrogens (tertiary/aromatic N) is 1. The molecule has 0 aliphatic carbocycles. The molecule has 0 saturated carbocycles. The van der Waals surface area contributed by atoms with Crippen LogP contribution in [0.2, 0.25) is 0 Å². The molecular weight excluding hydrogens is 440 g/mol. The fraction of sp³-hybridized carbons (Fsp3) is 0.360. The number of aryl methyl sites for hydroxylation is 2. The molecule has 0 radical (unpaired) electrons. The first-order chi connectivity index (χ1) is 15.8. The summed E-state index contributed by atoms with van der Waals surface area (Å²) in [5, 5.41) is 2.69. The molecule has 1 aliphatic rings. The highest BCUT2D eigenvalue weighted by atomic mass is 32.2. The van der Waals surface area contributed by atoms with Gasteiger partial charge in [0.1, 0.15) is 0 Å². The predicted octanol–water partition coefficient (Wildman–Crippen LogP) is 4.06. The molecule has 1 fully saturated rings. The fourth-order valence-electron chi connectivity index (χ4n) is 3.55. The van der Waals surface area contributed by atoms with Crippen LogP contribution in [0, 0.1) is 13.8 Å². The van der Waals surface area contributed by atoms with Gasteiger partial charge in [-0.1, -0.05) is 31.0 Å². The van der Waals surface area contributed by atoms with E-state index < -0.39 is 28.5 Å². The Hall–Kier alpha value is -2.97. The van der Waals surface area contributed by atoms with Gasteiger partial charge in [0, 0.05) is 24.9 Å². The minimum absolute atomic E-state index is 0.243. The lowest BCUT2D eigenvalue weighted by atomic mass is 10.1. The maximum Gasteiger partial charge on any atom is 0.331 e. The van der Waals surface area contributed by atoms with E-state index in [4.69, 9.17) is 4.74 Å². The van der Waals surface area contributed by atoms with Gasteiger partial charge >= 0.3 is 5.97 Å². The maximum absolute atomic E-state index is 12.8. The van der Waals surface area contributed by atoms with Crippen LogP contribution < -0.4 is 5.32 Å². The minimum Gasteiger partial charge on any atom is -0.452 e. The normalized spacial score (nSPS) is 15.2. The third-order valence-corrected chi connectivity index (χ3v) is 7.54. The zero-order valence-corrected chi connectivity index (χ0v) is 19.9. The van der Waals surface area contributed by atoms with E-state index in [-0.39, 0.29) is 4.90 Å². The Morgan fingerprint density at radius 2 is 1.64 bits per heavy atom. The van der Waals surface area contributed by atoms with Gasteiger partial charge in [0.15, 0.2) is 6.61 Å². The molecule has 0 aromatic heterocycles. The third-order valence-electron chi connectivity index (χ3n) is 5.63. The van der Waals surface area contributed by atoms with Gasteiger partial charge in [-0.2, -0.15) is 4.31 Å². The Morgan fingerprint density at radius 1 is 0.970 bits per heavy atom. The molecule has 1 saturated heterocycles. The molecule has 1 heterocycles. The van der Waals surface area contributed by atoms with Crippen LogP contribution in [0.4, 0.5) is 5.69 Å². The van der Waals surface area contributed by atoms with Crippen molar-refractivity contribution in [2.45, 2.75) is 44.4 Å². The molecule has 8 heteroatoms. The van der Waals surface area contributed by atoms with Crippen molar-refractivity contribution in [3.8, 4) is 0 Å². The summed E-state index contributed by atoms with van der Waals surface area (Å²) in [5.41, 5.74) is 3.47. The second-order valence-corrected chi connectivity index (χ2v) is 10.1. The number of ether oxygens (including phenoxy) is 1. The first kappa shape index (κ1) is 24.7. The molecule has 1 amide bonds. The number of hydrogen-bond donors (Lipinski definition) is 1. The maximum atomic E-state index is 12.8. The molecule has 1 aliphatic heterocycles. The molecule has 0 spiro atoms. The number of anilines is 1. The van der Waals surface area contributed by atoms with Crippen LogP contribution in [0.5, 0.6) is 0 Å². The van der Waals surface area contributed by atoms with Gasteiger partial charge in [0.05, 0.1) is 4.90 Å². The van der Waals surface area contributed by atoms with Crippen LogP contribution in [-0.2, 0) is 24.3 Å². The average molecular weight is 471 g/mol. The van der Waals surface area contributed by atoms with Gasteiger partial charge in [-0.05, 0) is 73.7 Å². The van der Waals surface area contributed by atoms with Crippen LogP contribution in [-0.4, -0.2) is 44.3 Å². The third kappa shape index (κ3) is 7.00. The van der Waals surface area contributed by atoms with E-state index in [2.05, 4.69) is 5.32 Å². The van der Waals surface area contributed by atoms with Gasteiger partial charge in [-0.15, -0.1) is 0 Å². The molecule has 2 aromatic carbocycles. The van der Waals surface area contributed by atoms with Crippen molar-refractivity contribution in [3.63, 3.8) is 0 Å². The number of hydrogen-bond acceptors (Lipinski definition) is 5. The summed E-state index contributed by atoms with van der Waals surface area (Å²) in [6, 6.07) is 11.9. The molecule has 176 valence electrons. The summed E-state index contributed by atoms with van der Waals surface area (Å²) >= 11 is 0. The van der Waals surface area contributed by atoms with Gasteiger partial charge < -0.3 is 10.1 Å². The van der Waals surface area contributed by atoms with Crippen molar-refractivity contribution >= 4 is 33.7 Å². The van der Waals surface area contributed by atoms with Crippen molar-refractivity contribution in [3.05, 3.63) is 65.2 Å². The van der Waals surface area contributed by atoms with Crippen molar-refractivity contribution in [2.24, 2.45) is 0 Å². The largest absolute Gasteiger partial charge is 0.452 e. The van der Waals surface area contributed by atoms with E-state index in [1.54, 1.807) is 34.6 Å². The summed E-state index contributed by atoms with van der Waals surface area (Å²) < 4.78 is 32.2. The number of sulfonamides is 1. The quantitative estimate of drug-likeness (QED) is 0.487. The minimum atomic E-state index is -3.51. The van der Waals surface area contributed by atoms with Gasteiger partial charge in [0.25, 0.3) is 5.91 Å². The summed E-state index contributed by atoms with van der Waals surface area (Å²) in [5.74, 6) is -1.09. The molecule has 7 nitrogen and oxygen atoms in total. The molecule has 33 heavy (non-hydrogen) atoms. The lowest BCUT2D eigenvalue weighted by Crippen LogP contribution is -2.31. The molecule has 0 bridgehead atoms. The zero-order valence-electron chi connectivity index (χ0n) is 19.0. The van der Waals surface area contributed by atoms with Crippen molar-refractivity contribution < 1.29 is 22.7 Å². The second-order valence-electron chi connectivity index (χ2n) is 8.18. The smallest absolute Gasteiger partial charge is 0.331 e. The number of nitrogens with one attached hydrogen (secondary N) is 1. The van der Waals surface area contributed by atoms with Crippen LogP contribution in [0.1, 0.15) is 42.4 Å². The lowest BCUT2D eigenvalue weighted by Gasteiger charge is -2.19. The SMILES string of the molecule is Cc1ccc(NC(=O)COC(=O)/C=C/c2ccc(S(=O)(=O)N3CCCCCC3)cc2)cc1C. The first-order valence-electron chi connectivity index (χ1n) is 11.1. The van der Waals surface area contributed by atoms with Crippen molar-refractivity contribution in [1.29, 1.82) is 0 Å². The topological polar surface area (TPSA) is 92.8 Å². The molecule has 3 rings (SSSR count). The molecule has 2 aromatic rings. The predicted molar refractivity (Wildman–Crippen MR) is 128 cm³/mol. The molecule has 0 unspecified atom stereocenters. The van der Waals surface area contributed by atoms with Gasteiger partial charge in [0.2, 0.25) is 10.0 Å². The van der Waals surface area contributed by atoms with E-state index in [1.165, 1.54) is 12.2 Å². The van der Waals surface area contributed by atoms with Crippen LogP contribution in [0.15, 0.2) is 53.4 Å². The zero-order chi connectivity index (χ0) is 23.8. The molecule has 0 atom stereocenters. The second kappa shape index (κ2) is 11.2. The van der Waals surface area contributed by atoms with Crippen molar-refractivity contribution in [2.75, 3.05) is 25.0 Å². The molecule has 1 N–H and O–H groups in total. The Balaban J connectivity index is 1.51. The average Bonchev–Trinajstić information content (AvgIpc) is 3.09. The Labute approximate surface area is 195 Å². The number of carbonyl (C=O) groups excluding carboxylic acids is 2. The summed E-state index contributed by atoms with van der Waals surface area (Å²) in [6.45, 7) is 4.63. The summed E-state index contributed by atoms with van der Waals surface area (Å²) in [6.07, 6.45) is 6.60. The monoisotopic (exact) mass is 470 g/mol. The van der Waals surface area contributed by atoms with Crippen LogP contribution in [0.3, 0.4) is 0 Å². The standard InChI is InChI=1S/C25H30N2O5S/c1-19-7-11-22(17-20(19)2)26-24(28)18-32-25(29)14-10-21-8-12-23(13-9-21)33(30,31)27-15-5-3-4-6-16-27/h7-14,17H,3-6,15-16,18H2,1-2H3,(H,26,28)/b14-10+. The van der Waals surface area contributed by atoms with E-state index in [0.29, 0.717) is 24.3 Å². The van der Waals surface area contributed by atoms with Crippen LogP contribution >= 0.6 is 0 Å². The Kier molecular flexibility index (Phi) is 8.41. The Bertz CT molecular complexity index is 1120. The summed E-state index contributed by atoms with van der Waals surface area (Å²) in [4.78, 5) is 24.2. The number of rotatable bonds is 7. The van der Waals surface area contributed by atoms with Crippen molar-refractivity contribution in [1.82, 2.24) is 4.31 Å². The fourth-order valence-corrected chi connectivity index (χ4v) is 5.06. The number of esters is 1. The first-order valence-corrected chi connectivity index (χ1v) is 12.5. The number of carbonyl (C=O) groups is 2. The van der Waals surface area contributed by atoms with Gasteiger partial charge in [-0.25, -0.2) is 13.2 Å². The van der Waals surface area contributed by atoms with E-state index in [1.807, 2.05) is 26.0 Å². The summed E-state index contributed by atoms with van der Waals surface area (Å²) in [7, 11) is -3.51. The highest BCUT2D eigenvalue weighted by Crippen LogP contribution is 2.21. The number of benzene rings is 2. The Morgan fingerprint density at radius 3 is 2.27 bits per heavy atom. The number of amides is 1.